The molecule has 1 aliphatic carbocycles. The molecule has 0 atom stereocenters. The first-order valence-electron chi connectivity index (χ1n) is 6.56. The number of amides is 1. The van der Waals surface area contributed by atoms with Crippen LogP contribution >= 0.6 is 0 Å². The Labute approximate surface area is 109 Å². The summed E-state index contributed by atoms with van der Waals surface area (Å²) in [6.45, 7) is 0. The molecule has 1 aromatic carbocycles. The lowest BCUT2D eigenvalue weighted by molar-refractivity contribution is -0.312. The van der Waals surface area contributed by atoms with Crippen LogP contribution in [0.2, 0.25) is 0 Å². The Morgan fingerprint density at radius 1 is 1.32 bits per heavy atom. The summed E-state index contributed by atoms with van der Waals surface area (Å²) in [7, 11) is 0. The molecule has 0 aliphatic heterocycles. The summed E-state index contributed by atoms with van der Waals surface area (Å²) in [5.74, 6) is 0.0984. The topological polar surface area (TPSA) is 70.7 Å². The van der Waals surface area contributed by atoms with Gasteiger partial charge in [-0.3, -0.25) is 5.73 Å². The first-order valence-corrected chi connectivity index (χ1v) is 6.56. The minimum absolute atomic E-state index is 0.0329. The Balaban J connectivity index is 1.84. The van der Waals surface area contributed by atoms with Crippen LogP contribution in [-0.2, 0) is 4.79 Å². The van der Waals surface area contributed by atoms with E-state index in [-0.39, 0.29) is 17.6 Å². The fraction of sp³-hybridized carbons (Fsp3) is 0.429. The molecule has 0 bridgehead atoms. The van der Waals surface area contributed by atoms with Crippen molar-refractivity contribution in [1.82, 2.24) is 5.16 Å². The number of hydrogen-bond donors (Lipinski definition) is 1. The number of benzene rings is 1. The van der Waals surface area contributed by atoms with Gasteiger partial charge in [-0.05, 0) is 37.8 Å². The van der Waals surface area contributed by atoms with Crippen LogP contribution in [-0.4, -0.2) is 11.1 Å². The molecule has 100 valence electrons. The highest BCUT2D eigenvalue weighted by Crippen LogP contribution is 2.37. The molecule has 4 nitrogen and oxygen atoms in total. The van der Waals surface area contributed by atoms with E-state index >= 15 is 0 Å². The molecule has 2 aromatic rings. The van der Waals surface area contributed by atoms with Crippen LogP contribution in [0.1, 0.15) is 37.3 Å². The quantitative estimate of drug-likeness (QED) is 0.901. The van der Waals surface area contributed by atoms with E-state index in [0.717, 1.165) is 36.8 Å². The lowest BCUT2D eigenvalue weighted by Gasteiger charge is -2.23. The molecule has 1 heterocycles. The van der Waals surface area contributed by atoms with E-state index in [1.165, 1.54) is 12.1 Å². The summed E-state index contributed by atoms with van der Waals surface area (Å²) in [5, 5.41) is 4.97. The van der Waals surface area contributed by atoms with Crippen molar-refractivity contribution in [3.8, 4) is 0 Å². The second-order valence-corrected chi connectivity index (χ2v) is 5.22. The minimum Gasteiger partial charge on any atom is -0.356 e. The molecule has 1 fully saturated rings. The highest BCUT2D eigenvalue weighted by Gasteiger charge is 2.30. The molecule has 3 rings (SSSR count). The number of rotatable bonds is 2. The molecule has 19 heavy (non-hydrogen) atoms. The van der Waals surface area contributed by atoms with Crippen molar-refractivity contribution < 1.29 is 19.4 Å². The van der Waals surface area contributed by atoms with E-state index in [2.05, 4.69) is 10.9 Å². The maximum absolute atomic E-state index is 13.1. The van der Waals surface area contributed by atoms with Crippen LogP contribution in [0.5, 0.6) is 0 Å². The monoisotopic (exact) mass is 263 g/mol. The van der Waals surface area contributed by atoms with Gasteiger partial charge in [0.15, 0.2) is 5.58 Å². The van der Waals surface area contributed by atoms with Gasteiger partial charge < -0.3 is 4.52 Å². The summed E-state index contributed by atoms with van der Waals surface area (Å²) in [6, 6.07) is 4.50. The summed E-state index contributed by atoms with van der Waals surface area (Å²) in [6.07, 6.45) is 3.51. The van der Waals surface area contributed by atoms with Gasteiger partial charge in [0.05, 0.1) is 11.6 Å². The van der Waals surface area contributed by atoms with Crippen molar-refractivity contribution >= 4 is 16.9 Å². The third kappa shape index (κ3) is 2.26. The Kier molecular flexibility index (Phi) is 3.06. The minimum atomic E-state index is -0.318. The Morgan fingerprint density at radius 2 is 2.05 bits per heavy atom. The van der Waals surface area contributed by atoms with Crippen LogP contribution in [0, 0.1) is 11.7 Å². The second kappa shape index (κ2) is 4.74. The molecular formula is C14H16FN2O2+. The SMILES string of the molecule is [NH3+]C(=O)C1CCC(c2noc3cc(F)ccc23)CC1. The molecule has 1 amide bonds. The van der Waals surface area contributed by atoms with Crippen molar-refractivity contribution in [2.24, 2.45) is 5.92 Å². The molecule has 1 saturated carbocycles. The van der Waals surface area contributed by atoms with Gasteiger partial charge in [-0.1, -0.05) is 5.16 Å². The molecule has 0 radical (unpaired) electrons. The van der Waals surface area contributed by atoms with E-state index < -0.39 is 0 Å². The maximum Gasteiger partial charge on any atom is 0.311 e. The smallest absolute Gasteiger partial charge is 0.311 e. The zero-order valence-electron chi connectivity index (χ0n) is 10.6. The standard InChI is InChI=1S/C14H15FN2O2/c15-10-5-6-11-12(7-10)19-17-13(11)8-1-3-9(4-2-8)14(16)18/h5-9H,1-4H2,(H2,16,18)/p+1. The second-order valence-electron chi connectivity index (χ2n) is 5.22. The normalized spacial score (nSPS) is 23.7. The van der Waals surface area contributed by atoms with Gasteiger partial charge in [-0.15, -0.1) is 0 Å². The van der Waals surface area contributed by atoms with Crippen LogP contribution in [0.4, 0.5) is 4.39 Å². The Hall–Kier alpha value is -1.75. The van der Waals surface area contributed by atoms with Crippen molar-refractivity contribution in [3.63, 3.8) is 0 Å². The summed E-state index contributed by atoms with van der Waals surface area (Å²) < 4.78 is 18.3. The number of aromatic nitrogens is 1. The highest BCUT2D eigenvalue weighted by atomic mass is 19.1. The van der Waals surface area contributed by atoms with Gasteiger partial charge in [0.2, 0.25) is 0 Å². The van der Waals surface area contributed by atoms with Crippen molar-refractivity contribution in [2.75, 3.05) is 0 Å². The third-order valence-corrected chi connectivity index (χ3v) is 4.03. The molecule has 0 saturated heterocycles. The van der Waals surface area contributed by atoms with Gasteiger partial charge in [0, 0.05) is 17.4 Å². The molecule has 3 N–H and O–H groups in total. The average molecular weight is 263 g/mol. The van der Waals surface area contributed by atoms with Gasteiger partial charge in [-0.25, -0.2) is 9.18 Å². The van der Waals surface area contributed by atoms with E-state index in [1.54, 1.807) is 6.07 Å². The van der Waals surface area contributed by atoms with E-state index in [9.17, 15) is 9.18 Å². The predicted molar refractivity (Wildman–Crippen MR) is 66.6 cm³/mol. The number of carbonyl (C=O) groups excluding carboxylic acids is 1. The molecule has 1 aliphatic rings. The Morgan fingerprint density at radius 3 is 2.74 bits per heavy atom. The predicted octanol–water partition coefficient (Wildman–Crippen LogP) is 2.01. The molecule has 0 spiro atoms. The lowest BCUT2D eigenvalue weighted by atomic mass is 9.79. The Bertz CT molecular complexity index is 615. The van der Waals surface area contributed by atoms with Gasteiger partial charge in [-0.2, -0.15) is 0 Å². The third-order valence-electron chi connectivity index (χ3n) is 4.03. The van der Waals surface area contributed by atoms with Crippen molar-refractivity contribution in [1.29, 1.82) is 0 Å². The van der Waals surface area contributed by atoms with Crippen LogP contribution in [0.25, 0.3) is 11.0 Å². The fourth-order valence-electron chi connectivity index (χ4n) is 2.91. The highest BCUT2D eigenvalue weighted by molar-refractivity contribution is 5.80. The van der Waals surface area contributed by atoms with Gasteiger partial charge in [0.1, 0.15) is 5.82 Å². The van der Waals surface area contributed by atoms with Gasteiger partial charge in [0.25, 0.3) is 0 Å². The molecular weight excluding hydrogens is 247 g/mol. The maximum atomic E-state index is 13.1. The number of halogens is 1. The van der Waals surface area contributed by atoms with E-state index in [4.69, 9.17) is 4.52 Å². The van der Waals surface area contributed by atoms with Crippen LogP contribution < -0.4 is 5.73 Å². The number of quaternary nitrogens is 1. The lowest BCUT2D eigenvalue weighted by Crippen LogP contribution is -2.60. The van der Waals surface area contributed by atoms with E-state index in [1.807, 2.05) is 0 Å². The first-order chi connectivity index (χ1) is 9.15. The largest absolute Gasteiger partial charge is 0.356 e. The molecule has 5 heteroatoms. The van der Waals surface area contributed by atoms with Crippen LogP contribution in [0.3, 0.4) is 0 Å². The number of hydrogen-bond acceptors (Lipinski definition) is 3. The molecule has 1 aromatic heterocycles. The number of fused-ring (bicyclic) bond motifs is 1. The summed E-state index contributed by atoms with van der Waals surface area (Å²) in [4.78, 5) is 11.3. The number of nitrogens with zero attached hydrogens (tertiary/aromatic N) is 1. The average Bonchev–Trinajstić information content (AvgIpc) is 2.81. The van der Waals surface area contributed by atoms with Crippen molar-refractivity contribution in [3.05, 3.63) is 29.7 Å². The zero-order valence-corrected chi connectivity index (χ0v) is 10.6. The first kappa shape index (κ1) is 12.3. The van der Waals surface area contributed by atoms with Gasteiger partial charge >= 0.3 is 5.91 Å². The summed E-state index contributed by atoms with van der Waals surface area (Å²) >= 11 is 0. The molecule has 0 unspecified atom stereocenters. The zero-order chi connectivity index (χ0) is 13.4. The summed E-state index contributed by atoms with van der Waals surface area (Å²) in [5.41, 5.74) is 4.88. The number of carbonyl (C=O) groups is 1. The fourth-order valence-corrected chi connectivity index (χ4v) is 2.91. The van der Waals surface area contributed by atoms with E-state index in [0.29, 0.717) is 11.5 Å². The van der Waals surface area contributed by atoms with Crippen LogP contribution in [0.15, 0.2) is 22.7 Å². The van der Waals surface area contributed by atoms with Crippen molar-refractivity contribution in [2.45, 2.75) is 31.6 Å².